The molecular weight excluding hydrogens is 274 g/mol. The largest absolute Gasteiger partial charge is 0.497 e. The predicted octanol–water partition coefficient (Wildman–Crippen LogP) is 2.30. The number of hydrogen-bond acceptors (Lipinski definition) is 4. The monoisotopic (exact) mass is 295 g/mol. The van der Waals surface area contributed by atoms with Crippen molar-refractivity contribution in [1.82, 2.24) is 10.7 Å². The predicted molar refractivity (Wildman–Crippen MR) is 85.8 cm³/mol. The molecule has 110 valence electrons. The lowest BCUT2D eigenvalue weighted by atomic mass is 10.2. The highest BCUT2D eigenvalue weighted by Gasteiger charge is 2.02. The van der Waals surface area contributed by atoms with Crippen LogP contribution in [0.2, 0.25) is 0 Å². The van der Waals surface area contributed by atoms with Crippen LogP contribution in [0.15, 0.2) is 23.3 Å². The van der Waals surface area contributed by atoms with Gasteiger partial charge < -0.3 is 14.8 Å². The van der Waals surface area contributed by atoms with Crippen molar-refractivity contribution in [3.63, 3.8) is 0 Å². The fourth-order valence-corrected chi connectivity index (χ4v) is 1.66. The molecule has 5 nitrogen and oxygen atoms in total. The summed E-state index contributed by atoms with van der Waals surface area (Å²) < 4.78 is 10.4. The molecule has 0 bridgehead atoms. The van der Waals surface area contributed by atoms with E-state index in [0.717, 1.165) is 30.7 Å². The summed E-state index contributed by atoms with van der Waals surface area (Å²) in [6, 6.07) is 5.53. The molecule has 2 N–H and O–H groups in total. The van der Waals surface area contributed by atoms with E-state index >= 15 is 0 Å². The summed E-state index contributed by atoms with van der Waals surface area (Å²) in [6.45, 7) is 2.98. The van der Waals surface area contributed by atoms with E-state index in [1.54, 1.807) is 26.5 Å². The summed E-state index contributed by atoms with van der Waals surface area (Å²) in [7, 11) is 3.22. The normalized spacial score (nSPS) is 10.3. The Kier molecular flexibility index (Phi) is 7.42. The third kappa shape index (κ3) is 5.44. The Balaban J connectivity index is 2.55. The molecular formula is C14H21N3O2S. The Morgan fingerprint density at radius 2 is 2.15 bits per heavy atom. The van der Waals surface area contributed by atoms with Gasteiger partial charge in [-0.1, -0.05) is 13.3 Å². The standard InChI is InChI=1S/C14H21N3O2S/c1-4-5-8-15-14(20)17-16-10-11-6-7-12(18-2)9-13(11)19-3/h6-7,9-10H,4-5,8H2,1-3H3,(H2,15,17,20)/b16-10-. The maximum atomic E-state index is 5.28. The van der Waals surface area contributed by atoms with E-state index < -0.39 is 0 Å². The molecule has 20 heavy (non-hydrogen) atoms. The average Bonchev–Trinajstić information content (AvgIpc) is 2.47. The minimum absolute atomic E-state index is 0.516. The highest BCUT2D eigenvalue weighted by molar-refractivity contribution is 7.80. The van der Waals surface area contributed by atoms with Crippen molar-refractivity contribution in [2.45, 2.75) is 19.8 Å². The number of hydrazone groups is 1. The number of nitrogens with one attached hydrogen (secondary N) is 2. The first-order valence-electron chi connectivity index (χ1n) is 6.50. The Morgan fingerprint density at radius 1 is 1.35 bits per heavy atom. The van der Waals surface area contributed by atoms with E-state index in [1.807, 2.05) is 12.1 Å². The van der Waals surface area contributed by atoms with E-state index in [9.17, 15) is 0 Å². The number of nitrogens with zero attached hydrogens (tertiary/aromatic N) is 1. The van der Waals surface area contributed by atoms with Gasteiger partial charge >= 0.3 is 0 Å². The topological polar surface area (TPSA) is 54.9 Å². The van der Waals surface area contributed by atoms with E-state index in [-0.39, 0.29) is 0 Å². The van der Waals surface area contributed by atoms with Gasteiger partial charge in [0.15, 0.2) is 5.11 Å². The fourth-order valence-electron chi connectivity index (χ4n) is 1.50. The molecule has 0 aliphatic heterocycles. The molecule has 1 aromatic rings. The number of unbranched alkanes of at least 4 members (excludes halogenated alkanes) is 1. The maximum Gasteiger partial charge on any atom is 0.186 e. The van der Waals surface area contributed by atoms with Crippen LogP contribution in [0, 0.1) is 0 Å². The van der Waals surface area contributed by atoms with E-state index in [1.165, 1.54) is 0 Å². The molecule has 0 aliphatic carbocycles. The summed E-state index contributed by atoms with van der Waals surface area (Å²) in [4.78, 5) is 0. The van der Waals surface area contributed by atoms with Gasteiger partial charge in [-0.05, 0) is 30.8 Å². The Labute approximate surface area is 125 Å². The van der Waals surface area contributed by atoms with Crippen molar-refractivity contribution >= 4 is 23.5 Å². The third-order valence-corrected chi connectivity index (χ3v) is 2.86. The molecule has 0 atom stereocenters. The quantitative estimate of drug-likeness (QED) is 0.350. The molecule has 0 unspecified atom stereocenters. The van der Waals surface area contributed by atoms with Crippen LogP contribution in [0.3, 0.4) is 0 Å². The van der Waals surface area contributed by atoms with Crippen molar-refractivity contribution in [2.24, 2.45) is 5.10 Å². The van der Waals surface area contributed by atoms with Crippen LogP contribution in [0.1, 0.15) is 25.3 Å². The van der Waals surface area contributed by atoms with Gasteiger partial charge in [0, 0.05) is 18.2 Å². The first-order chi connectivity index (χ1) is 9.71. The van der Waals surface area contributed by atoms with Gasteiger partial charge in [-0.3, -0.25) is 5.43 Å². The van der Waals surface area contributed by atoms with Crippen molar-refractivity contribution in [1.29, 1.82) is 0 Å². The zero-order chi connectivity index (χ0) is 14.8. The molecule has 1 rings (SSSR count). The van der Waals surface area contributed by atoms with Gasteiger partial charge in [0.1, 0.15) is 11.5 Å². The molecule has 0 spiro atoms. The second-order valence-corrected chi connectivity index (χ2v) is 4.50. The van der Waals surface area contributed by atoms with Crippen LogP contribution in [-0.4, -0.2) is 32.1 Å². The van der Waals surface area contributed by atoms with Crippen molar-refractivity contribution < 1.29 is 9.47 Å². The van der Waals surface area contributed by atoms with Crippen LogP contribution >= 0.6 is 12.2 Å². The van der Waals surface area contributed by atoms with E-state index in [2.05, 4.69) is 22.8 Å². The van der Waals surface area contributed by atoms with Gasteiger partial charge in [0.2, 0.25) is 0 Å². The molecule has 0 amide bonds. The first kappa shape index (κ1) is 16.2. The van der Waals surface area contributed by atoms with Crippen molar-refractivity contribution in [3.8, 4) is 11.5 Å². The van der Waals surface area contributed by atoms with Gasteiger partial charge in [-0.15, -0.1) is 0 Å². The smallest absolute Gasteiger partial charge is 0.186 e. The van der Waals surface area contributed by atoms with E-state index in [0.29, 0.717) is 10.9 Å². The van der Waals surface area contributed by atoms with Gasteiger partial charge in [0.05, 0.1) is 20.4 Å². The molecule has 0 radical (unpaired) electrons. The summed E-state index contributed by atoms with van der Waals surface area (Å²) in [5.74, 6) is 1.43. The fraction of sp³-hybridized carbons (Fsp3) is 0.429. The minimum atomic E-state index is 0.516. The zero-order valence-electron chi connectivity index (χ0n) is 12.1. The van der Waals surface area contributed by atoms with Crippen LogP contribution in [0.25, 0.3) is 0 Å². The minimum Gasteiger partial charge on any atom is -0.497 e. The number of rotatable bonds is 7. The Bertz CT molecular complexity index is 464. The molecule has 0 fully saturated rings. The number of ether oxygens (including phenoxy) is 2. The summed E-state index contributed by atoms with van der Waals surface area (Å²) in [5.41, 5.74) is 3.62. The van der Waals surface area contributed by atoms with Crippen LogP contribution in [-0.2, 0) is 0 Å². The molecule has 0 aromatic heterocycles. The van der Waals surface area contributed by atoms with Gasteiger partial charge in [0.25, 0.3) is 0 Å². The number of benzene rings is 1. The van der Waals surface area contributed by atoms with E-state index in [4.69, 9.17) is 21.7 Å². The van der Waals surface area contributed by atoms with Crippen LogP contribution in [0.5, 0.6) is 11.5 Å². The molecule has 0 saturated heterocycles. The molecule has 0 heterocycles. The summed E-state index contributed by atoms with van der Waals surface area (Å²) >= 11 is 5.10. The third-order valence-electron chi connectivity index (χ3n) is 2.63. The van der Waals surface area contributed by atoms with Gasteiger partial charge in [-0.25, -0.2) is 0 Å². The lowest BCUT2D eigenvalue weighted by Crippen LogP contribution is -2.32. The second-order valence-electron chi connectivity index (χ2n) is 4.09. The number of thiocarbonyl (C=S) groups is 1. The highest BCUT2D eigenvalue weighted by Crippen LogP contribution is 2.22. The Morgan fingerprint density at radius 3 is 2.80 bits per heavy atom. The zero-order valence-corrected chi connectivity index (χ0v) is 12.9. The maximum absolute atomic E-state index is 5.28. The molecule has 1 aromatic carbocycles. The van der Waals surface area contributed by atoms with Crippen LogP contribution in [0.4, 0.5) is 0 Å². The Hall–Kier alpha value is -1.82. The number of methoxy groups -OCH3 is 2. The first-order valence-corrected chi connectivity index (χ1v) is 6.91. The lowest BCUT2D eigenvalue weighted by Gasteiger charge is -2.08. The van der Waals surface area contributed by atoms with Crippen LogP contribution < -0.4 is 20.2 Å². The summed E-state index contributed by atoms with van der Waals surface area (Å²) in [6.07, 6.45) is 3.87. The number of hydrogen-bond donors (Lipinski definition) is 2. The second kappa shape index (κ2) is 9.14. The molecule has 6 heteroatoms. The molecule has 0 saturated carbocycles. The van der Waals surface area contributed by atoms with Crippen molar-refractivity contribution in [2.75, 3.05) is 20.8 Å². The highest BCUT2D eigenvalue weighted by atomic mass is 32.1. The van der Waals surface area contributed by atoms with Gasteiger partial charge in [-0.2, -0.15) is 5.10 Å². The SMILES string of the molecule is CCCCNC(=S)N/N=C\c1ccc(OC)cc1OC. The molecule has 0 aliphatic rings. The lowest BCUT2D eigenvalue weighted by molar-refractivity contribution is 0.394. The van der Waals surface area contributed by atoms with Crippen molar-refractivity contribution in [3.05, 3.63) is 23.8 Å². The average molecular weight is 295 g/mol. The summed E-state index contributed by atoms with van der Waals surface area (Å²) in [5, 5.41) is 7.67.